The predicted molar refractivity (Wildman–Crippen MR) is 134 cm³/mol. The lowest BCUT2D eigenvalue weighted by molar-refractivity contribution is -0.130. The number of fused-ring (bicyclic) bond motifs is 3. The molecule has 1 aliphatic carbocycles. The molecule has 7 nitrogen and oxygen atoms in total. The highest BCUT2D eigenvalue weighted by atomic mass is 19.1. The fraction of sp³-hybridized carbons (Fsp3) is 0.333. The first kappa shape index (κ1) is 23.0. The van der Waals surface area contributed by atoms with Gasteiger partial charge in [0, 0.05) is 67.1 Å². The molecule has 3 N–H and O–H groups in total. The standard InChI is InChI=1S/C27H28FN5O2/c1-16(34)32-10-12-33(13-11-32)27(35)17-6-7-20(22(28)14-17)26-19-5-3-2-4-18(19)25-21(15-29)23(30)8-9-24(25)31-26/h6-9,14-15,29H,2-5,10-13,30H2,1H3. The number of anilines is 1. The van der Waals surface area contributed by atoms with Crippen molar-refractivity contribution in [3.05, 3.63) is 58.4 Å². The molecule has 1 saturated heterocycles. The van der Waals surface area contributed by atoms with Gasteiger partial charge in [-0.3, -0.25) is 9.59 Å². The molecule has 2 aliphatic rings. The molecule has 2 aromatic carbocycles. The number of carbonyl (C=O) groups is 2. The van der Waals surface area contributed by atoms with Crippen LogP contribution in [0.4, 0.5) is 10.1 Å². The zero-order valence-electron chi connectivity index (χ0n) is 19.7. The number of amides is 2. The highest BCUT2D eigenvalue weighted by Crippen LogP contribution is 2.38. The van der Waals surface area contributed by atoms with Gasteiger partial charge in [0.05, 0.1) is 11.2 Å². The van der Waals surface area contributed by atoms with Crippen molar-refractivity contribution in [2.75, 3.05) is 31.9 Å². The highest BCUT2D eigenvalue weighted by molar-refractivity contribution is 6.05. The summed E-state index contributed by atoms with van der Waals surface area (Å²) in [7, 11) is 0. The van der Waals surface area contributed by atoms with E-state index in [9.17, 15) is 9.59 Å². The second-order valence-corrected chi connectivity index (χ2v) is 9.22. The van der Waals surface area contributed by atoms with E-state index in [2.05, 4.69) is 0 Å². The number of piperazine rings is 1. The van der Waals surface area contributed by atoms with E-state index in [1.807, 2.05) is 6.07 Å². The molecule has 1 aromatic heterocycles. The van der Waals surface area contributed by atoms with E-state index >= 15 is 4.39 Å². The molecule has 1 aliphatic heterocycles. The van der Waals surface area contributed by atoms with Gasteiger partial charge < -0.3 is 20.9 Å². The molecular weight excluding hydrogens is 445 g/mol. The maximum Gasteiger partial charge on any atom is 0.254 e. The molecule has 0 atom stereocenters. The topological polar surface area (TPSA) is 103 Å². The highest BCUT2D eigenvalue weighted by Gasteiger charge is 2.26. The minimum Gasteiger partial charge on any atom is -0.398 e. The molecule has 0 saturated carbocycles. The Morgan fingerprint density at radius 1 is 1.03 bits per heavy atom. The minimum atomic E-state index is -0.486. The van der Waals surface area contributed by atoms with E-state index in [0.29, 0.717) is 54.2 Å². The second-order valence-electron chi connectivity index (χ2n) is 9.22. The SMILES string of the molecule is CC(=O)N1CCN(C(=O)c2ccc(-c3nc4ccc(N)c(C=N)c4c4c3CCCC4)c(F)c2)CC1. The Kier molecular flexibility index (Phi) is 5.96. The smallest absolute Gasteiger partial charge is 0.254 e. The van der Waals surface area contributed by atoms with Crippen molar-refractivity contribution in [3.63, 3.8) is 0 Å². The molecule has 8 heteroatoms. The molecule has 0 unspecified atom stereocenters. The number of halogens is 1. The Morgan fingerprint density at radius 3 is 2.37 bits per heavy atom. The Labute approximate surface area is 203 Å². The van der Waals surface area contributed by atoms with Crippen LogP contribution < -0.4 is 5.73 Å². The van der Waals surface area contributed by atoms with E-state index in [-0.39, 0.29) is 17.4 Å². The third-order valence-electron chi connectivity index (χ3n) is 7.17. The molecule has 0 radical (unpaired) electrons. The number of benzene rings is 2. The van der Waals surface area contributed by atoms with Crippen molar-refractivity contribution in [1.29, 1.82) is 5.41 Å². The number of pyridine rings is 1. The summed E-state index contributed by atoms with van der Waals surface area (Å²) in [4.78, 5) is 32.7. The third-order valence-corrected chi connectivity index (χ3v) is 7.17. The number of nitrogens with zero attached hydrogens (tertiary/aromatic N) is 3. The van der Waals surface area contributed by atoms with Crippen LogP contribution in [0.15, 0.2) is 30.3 Å². The first-order chi connectivity index (χ1) is 16.9. The van der Waals surface area contributed by atoms with Crippen molar-refractivity contribution in [2.45, 2.75) is 32.6 Å². The lowest BCUT2D eigenvalue weighted by atomic mass is 9.84. The summed E-state index contributed by atoms with van der Waals surface area (Å²) >= 11 is 0. The van der Waals surface area contributed by atoms with Gasteiger partial charge in [0.1, 0.15) is 5.82 Å². The number of hydrogen-bond donors (Lipinski definition) is 2. The van der Waals surface area contributed by atoms with Crippen molar-refractivity contribution in [2.24, 2.45) is 0 Å². The number of nitrogen functional groups attached to an aromatic ring is 1. The first-order valence-corrected chi connectivity index (χ1v) is 12.0. The van der Waals surface area contributed by atoms with Gasteiger partial charge in [-0.1, -0.05) is 0 Å². The van der Waals surface area contributed by atoms with E-state index < -0.39 is 5.82 Å². The van der Waals surface area contributed by atoms with Crippen LogP contribution in [0, 0.1) is 11.2 Å². The van der Waals surface area contributed by atoms with E-state index in [0.717, 1.165) is 42.2 Å². The predicted octanol–water partition coefficient (Wildman–Crippen LogP) is 3.80. The van der Waals surface area contributed by atoms with E-state index in [4.69, 9.17) is 16.1 Å². The molecule has 5 rings (SSSR count). The molecule has 35 heavy (non-hydrogen) atoms. The van der Waals surface area contributed by atoms with Crippen molar-refractivity contribution >= 4 is 34.6 Å². The maximum atomic E-state index is 15.5. The quantitative estimate of drug-likeness (QED) is 0.446. The van der Waals surface area contributed by atoms with Crippen molar-refractivity contribution < 1.29 is 14.0 Å². The minimum absolute atomic E-state index is 0.00543. The van der Waals surface area contributed by atoms with Crippen LogP contribution in [0.3, 0.4) is 0 Å². The zero-order chi connectivity index (χ0) is 24.7. The number of rotatable bonds is 3. The average Bonchev–Trinajstić information content (AvgIpc) is 2.88. The third kappa shape index (κ3) is 4.03. The van der Waals surface area contributed by atoms with Crippen LogP contribution in [0.1, 0.15) is 46.8 Å². The van der Waals surface area contributed by atoms with Crippen LogP contribution in [0.5, 0.6) is 0 Å². The van der Waals surface area contributed by atoms with Crippen LogP contribution >= 0.6 is 0 Å². The van der Waals surface area contributed by atoms with Gasteiger partial charge in [-0.05, 0) is 67.1 Å². The normalized spacial score (nSPS) is 15.7. The number of aryl methyl sites for hydroxylation is 1. The van der Waals surface area contributed by atoms with Crippen molar-refractivity contribution in [3.8, 4) is 11.3 Å². The Balaban J connectivity index is 1.52. The van der Waals surface area contributed by atoms with Gasteiger partial charge in [-0.2, -0.15) is 0 Å². The fourth-order valence-corrected chi connectivity index (χ4v) is 5.29. The summed E-state index contributed by atoms with van der Waals surface area (Å²) in [5.41, 5.74) is 11.4. The fourth-order valence-electron chi connectivity index (χ4n) is 5.29. The lowest BCUT2D eigenvalue weighted by Gasteiger charge is -2.34. The van der Waals surface area contributed by atoms with Crippen molar-refractivity contribution in [1.82, 2.24) is 14.8 Å². The lowest BCUT2D eigenvalue weighted by Crippen LogP contribution is -2.50. The Morgan fingerprint density at radius 2 is 1.71 bits per heavy atom. The molecule has 2 heterocycles. The zero-order valence-corrected chi connectivity index (χ0v) is 19.7. The van der Waals surface area contributed by atoms with E-state index in [1.54, 1.807) is 28.0 Å². The molecule has 0 spiro atoms. The Bertz CT molecular complexity index is 1360. The largest absolute Gasteiger partial charge is 0.398 e. The summed E-state index contributed by atoms with van der Waals surface area (Å²) < 4.78 is 15.5. The number of nitrogens with two attached hydrogens (primary N) is 1. The second kappa shape index (κ2) is 9.09. The van der Waals surface area contributed by atoms with Crippen LogP contribution in [0.2, 0.25) is 0 Å². The summed E-state index contributed by atoms with van der Waals surface area (Å²) in [6.07, 6.45) is 4.88. The monoisotopic (exact) mass is 473 g/mol. The van der Waals surface area contributed by atoms with Gasteiger partial charge >= 0.3 is 0 Å². The summed E-state index contributed by atoms with van der Waals surface area (Å²) in [5, 5.41) is 8.75. The van der Waals surface area contributed by atoms with Crippen LogP contribution in [-0.4, -0.2) is 59.0 Å². The Hall–Kier alpha value is -3.81. The number of hydrogen-bond acceptors (Lipinski definition) is 5. The average molecular weight is 474 g/mol. The first-order valence-electron chi connectivity index (χ1n) is 12.0. The molecule has 3 aromatic rings. The number of nitrogens with one attached hydrogen (secondary N) is 1. The summed E-state index contributed by atoms with van der Waals surface area (Å²) in [6, 6.07) is 8.16. The summed E-state index contributed by atoms with van der Waals surface area (Å²) in [5.74, 6) is -0.729. The van der Waals surface area contributed by atoms with Gasteiger partial charge in [0.15, 0.2) is 0 Å². The van der Waals surface area contributed by atoms with Gasteiger partial charge in [-0.25, -0.2) is 9.37 Å². The maximum absolute atomic E-state index is 15.5. The van der Waals surface area contributed by atoms with Gasteiger partial charge in [-0.15, -0.1) is 0 Å². The molecule has 2 amide bonds. The molecular formula is C27H28FN5O2. The van der Waals surface area contributed by atoms with E-state index in [1.165, 1.54) is 19.2 Å². The molecule has 0 bridgehead atoms. The molecule has 180 valence electrons. The summed E-state index contributed by atoms with van der Waals surface area (Å²) in [6.45, 7) is 3.35. The number of carbonyl (C=O) groups excluding carboxylic acids is 2. The molecule has 1 fully saturated rings. The van der Waals surface area contributed by atoms with Crippen LogP contribution in [0.25, 0.3) is 22.2 Å². The number of aromatic nitrogens is 1. The van der Waals surface area contributed by atoms with Gasteiger partial charge in [0.25, 0.3) is 5.91 Å². The van der Waals surface area contributed by atoms with Gasteiger partial charge in [0.2, 0.25) is 5.91 Å². The van der Waals surface area contributed by atoms with Crippen LogP contribution in [-0.2, 0) is 17.6 Å².